The number of rotatable bonds is 1. The van der Waals surface area contributed by atoms with Crippen molar-refractivity contribution in [1.29, 1.82) is 0 Å². The maximum absolute atomic E-state index is 4.49. The van der Waals surface area contributed by atoms with Crippen LogP contribution in [0.4, 0.5) is 0 Å². The molecular formula is C16H17N4Y-. The summed E-state index contributed by atoms with van der Waals surface area (Å²) in [6, 6.07) is 2.21. The Labute approximate surface area is 149 Å². The third-order valence-corrected chi connectivity index (χ3v) is 4.13. The van der Waals surface area contributed by atoms with Crippen LogP contribution in [0, 0.1) is 40.8 Å². The maximum Gasteiger partial charge on any atom is 0.166 e. The molecule has 0 unspecified atom stereocenters. The molecule has 5 heteroatoms. The number of aromatic nitrogens is 4. The zero-order valence-corrected chi connectivity index (χ0v) is 15.9. The molecule has 1 aromatic carbocycles. The molecule has 1 radical (unpaired) electrons. The first-order valence-electron chi connectivity index (χ1n) is 6.66. The van der Waals surface area contributed by atoms with Crippen LogP contribution in [0.2, 0.25) is 0 Å². The molecule has 3 rings (SSSR count). The molecule has 0 aliphatic carbocycles. The molecule has 0 spiro atoms. The van der Waals surface area contributed by atoms with Crippen molar-refractivity contribution in [2.75, 3.05) is 0 Å². The van der Waals surface area contributed by atoms with Crippen molar-refractivity contribution in [3.63, 3.8) is 0 Å². The fraction of sp³-hybridized carbons (Fsp3) is 0.312. The van der Waals surface area contributed by atoms with Crippen molar-refractivity contribution >= 4 is 5.78 Å². The predicted octanol–water partition coefficient (Wildman–Crippen LogP) is 3.13. The van der Waals surface area contributed by atoms with Gasteiger partial charge in [-0.05, 0) is 45.1 Å². The Morgan fingerprint density at radius 2 is 1.71 bits per heavy atom. The van der Waals surface area contributed by atoms with Gasteiger partial charge in [0.15, 0.2) is 5.78 Å². The number of fused-ring (bicyclic) bond motifs is 1. The molecular weight excluding hydrogens is 337 g/mol. The minimum absolute atomic E-state index is 0. The summed E-state index contributed by atoms with van der Waals surface area (Å²) in [7, 11) is 0. The third-order valence-electron chi connectivity index (χ3n) is 4.13. The molecule has 0 atom stereocenters. The van der Waals surface area contributed by atoms with E-state index < -0.39 is 0 Å². The number of hydrogen-bond acceptors (Lipinski definition) is 3. The van der Waals surface area contributed by atoms with Gasteiger partial charge in [-0.2, -0.15) is 5.10 Å². The Balaban J connectivity index is 0.00000161. The quantitative estimate of drug-likeness (QED) is 0.631. The van der Waals surface area contributed by atoms with Gasteiger partial charge in [0.1, 0.15) is 6.33 Å². The van der Waals surface area contributed by atoms with E-state index in [0.29, 0.717) is 5.78 Å². The Bertz CT molecular complexity index is 821. The molecule has 21 heavy (non-hydrogen) atoms. The van der Waals surface area contributed by atoms with Gasteiger partial charge in [0, 0.05) is 32.7 Å². The van der Waals surface area contributed by atoms with E-state index >= 15 is 0 Å². The molecule has 4 nitrogen and oxygen atoms in total. The molecule has 0 fully saturated rings. The standard InChI is InChI=1S/C16H17N4.Y/c1-9-6-14(12(4)11(3)10(9)2)15-7-20-16(17-8-18-20)19-13(15)5;/h6,8H,1-5H3;/q-1;. The van der Waals surface area contributed by atoms with Gasteiger partial charge in [-0.25, -0.2) is 4.98 Å². The summed E-state index contributed by atoms with van der Waals surface area (Å²) in [5, 5.41) is 4.13. The van der Waals surface area contributed by atoms with Crippen LogP contribution >= 0.6 is 0 Å². The van der Waals surface area contributed by atoms with Crippen LogP contribution in [0.15, 0.2) is 12.4 Å². The molecule has 0 amide bonds. The van der Waals surface area contributed by atoms with Crippen LogP contribution in [0.3, 0.4) is 0 Å². The molecule has 105 valence electrons. The minimum atomic E-state index is 0. The summed E-state index contributed by atoms with van der Waals surface area (Å²) in [4.78, 5) is 8.59. The maximum atomic E-state index is 4.49. The van der Waals surface area contributed by atoms with E-state index in [-0.39, 0.29) is 32.7 Å². The molecule has 0 saturated heterocycles. The first-order chi connectivity index (χ1) is 9.49. The van der Waals surface area contributed by atoms with Crippen molar-refractivity contribution in [3.05, 3.63) is 46.5 Å². The minimum Gasteiger partial charge on any atom is -0.314 e. The van der Waals surface area contributed by atoms with Gasteiger partial charge in [-0.1, -0.05) is 35.2 Å². The second-order valence-corrected chi connectivity index (χ2v) is 5.27. The summed E-state index contributed by atoms with van der Waals surface area (Å²) in [5.41, 5.74) is 8.32. The van der Waals surface area contributed by atoms with Gasteiger partial charge < -0.3 is 4.98 Å². The SMILES string of the molecule is Cc1cc(-c2[c-]n3ncnc3nc2C)c(C)c(C)c1C.[Y]. The molecule has 0 saturated carbocycles. The van der Waals surface area contributed by atoms with E-state index in [9.17, 15) is 0 Å². The van der Waals surface area contributed by atoms with Crippen LogP contribution < -0.4 is 0 Å². The van der Waals surface area contributed by atoms with Crippen LogP contribution in [0.5, 0.6) is 0 Å². The van der Waals surface area contributed by atoms with E-state index in [2.05, 4.69) is 55.0 Å². The Morgan fingerprint density at radius 3 is 2.43 bits per heavy atom. The topological polar surface area (TPSA) is 43.1 Å². The van der Waals surface area contributed by atoms with Gasteiger partial charge in [0.2, 0.25) is 0 Å². The van der Waals surface area contributed by atoms with Crippen molar-refractivity contribution in [1.82, 2.24) is 19.6 Å². The average Bonchev–Trinajstić information content (AvgIpc) is 2.87. The number of aryl methyl sites for hydroxylation is 2. The number of hydrogen-bond donors (Lipinski definition) is 0. The van der Waals surface area contributed by atoms with Gasteiger partial charge in [0.05, 0.1) is 0 Å². The normalized spacial score (nSPS) is 10.7. The molecule has 0 bridgehead atoms. The number of nitrogens with zero attached hydrogens (tertiary/aromatic N) is 4. The van der Waals surface area contributed by atoms with Gasteiger partial charge in [-0.15, -0.1) is 5.56 Å². The van der Waals surface area contributed by atoms with E-state index in [0.717, 1.165) is 11.3 Å². The molecule has 0 N–H and O–H groups in total. The van der Waals surface area contributed by atoms with Crippen molar-refractivity contribution in [2.24, 2.45) is 0 Å². The van der Waals surface area contributed by atoms with Gasteiger partial charge in [-0.3, -0.25) is 4.52 Å². The molecule has 2 heterocycles. The Morgan fingerprint density at radius 1 is 1.00 bits per heavy atom. The zero-order chi connectivity index (χ0) is 14.4. The fourth-order valence-corrected chi connectivity index (χ4v) is 2.51. The van der Waals surface area contributed by atoms with Crippen LogP contribution in [-0.2, 0) is 32.7 Å². The fourth-order valence-electron chi connectivity index (χ4n) is 2.51. The third kappa shape index (κ3) is 2.67. The van der Waals surface area contributed by atoms with Crippen LogP contribution in [0.25, 0.3) is 16.9 Å². The molecule has 0 aliphatic rings. The van der Waals surface area contributed by atoms with Gasteiger partial charge in [0.25, 0.3) is 0 Å². The first-order valence-corrected chi connectivity index (χ1v) is 6.66. The molecule has 0 aliphatic heterocycles. The first kappa shape index (κ1) is 16.2. The summed E-state index contributed by atoms with van der Waals surface area (Å²) in [6.45, 7) is 10.6. The second-order valence-electron chi connectivity index (χ2n) is 5.27. The smallest absolute Gasteiger partial charge is 0.166 e. The Hall–Kier alpha value is -1.13. The zero-order valence-electron chi connectivity index (χ0n) is 13.0. The van der Waals surface area contributed by atoms with Crippen molar-refractivity contribution < 1.29 is 32.7 Å². The summed E-state index contributed by atoms with van der Waals surface area (Å²) < 4.78 is 1.60. The summed E-state index contributed by atoms with van der Waals surface area (Å²) in [6.07, 6.45) is 4.79. The molecule has 2 aromatic heterocycles. The van der Waals surface area contributed by atoms with Crippen molar-refractivity contribution in [2.45, 2.75) is 34.6 Å². The second kappa shape index (κ2) is 5.94. The van der Waals surface area contributed by atoms with Crippen LogP contribution in [-0.4, -0.2) is 19.6 Å². The number of benzene rings is 1. The van der Waals surface area contributed by atoms with E-state index in [1.807, 2.05) is 6.92 Å². The summed E-state index contributed by atoms with van der Waals surface area (Å²) >= 11 is 0. The predicted molar refractivity (Wildman–Crippen MR) is 78.7 cm³/mol. The van der Waals surface area contributed by atoms with Crippen LogP contribution in [0.1, 0.15) is 27.9 Å². The molecule has 3 aromatic rings. The Kier molecular flexibility index (Phi) is 4.59. The monoisotopic (exact) mass is 354 g/mol. The van der Waals surface area contributed by atoms with E-state index in [4.69, 9.17) is 0 Å². The average molecular weight is 354 g/mol. The van der Waals surface area contributed by atoms with Crippen molar-refractivity contribution in [3.8, 4) is 11.1 Å². The van der Waals surface area contributed by atoms with Gasteiger partial charge >= 0.3 is 0 Å². The summed E-state index contributed by atoms with van der Waals surface area (Å²) in [5.74, 6) is 0.587. The largest absolute Gasteiger partial charge is 0.314 e. The van der Waals surface area contributed by atoms with E-state index in [1.165, 1.54) is 34.1 Å². The van der Waals surface area contributed by atoms with E-state index in [1.54, 1.807) is 4.52 Å².